The van der Waals surface area contributed by atoms with Crippen molar-refractivity contribution in [1.29, 1.82) is 0 Å². The van der Waals surface area contributed by atoms with E-state index in [2.05, 4.69) is 26.1 Å². The van der Waals surface area contributed by atoms with Crippen LogP contribution in [0.15, 0.2) is 29.2 Å². The first kappa shape index (κ1) is 16.5. The van der Waals surface area contributed by atoms with Crippen molar-refractivity contribution in [2.75, 3.05) is 13.1 Å². The van der Waals surface area contributed by atoms with Crippen LogP contribution in [-0.4, -0.2) is 31.9 Å². The molecule has 1 fully saturated rings. The van der Waals surface area contributed by atoms with Gasteiger partial charge < -0.3 is 5.32 Å². The molecule has 0 spiro atoms. The highest BCUT2D eigenvalue weighted by Crippen LogP contribution is 2.26. The minimum Gasteiger partial charge on any atom is -0.310 e. The van der Waals surface area contributed by atoms with Crippen molar-refractivity contribution in [2.24, 2.45) is 5.92 Å². The fourth-order valence-electron chi connectivity index (χ4n) is 2.64. The molecule has 1 aliphatic heterocycles. The van der Waals surface area contributed by atoms with Gasteiger partial charge in [-0.15, -0.1) is 0 Å². The van der Waals surface area contributed by atoms with Crippen LogP contribution < -0.4 is 5.32 Å². The van der Waals surface area contributed by atoms with E-state index in [9.17, 15) is 8.42 Å². The molecule has 1 N–H and O–H groups in total. The van der Waals surface area contributed by atoms with Crippen LogP contribution in [-0.2, 0) is 16.6 Å². The predicted molar refractivity (Wildman–Crippen MR) is 85.6 cm³/mol. The molecule has 1 aromatic rings. The second kappa shape index (κ2) is 6.90. The van der Waals surface area contributed by atoms with Crippen molar-refractivity contribution in [3.05, 3.63) is 29.8 Å². The van der Waals surface area contributed by atoms with Crippen molar-refractivity contribution in [1.82, 2.24) is 9.62 Å². The Hall–Kier alpha value is -0.910. The Morgan fingerprint density at radius 3 is 2.76 bits per heavy atom. The number of rotatable bonds is 6. The molecule has 1 atom stereocenters. The Bertz CT molecular complexity index is 569. The van der Waals surface area contributed by atoms with Crippen LogP contribution in [0.5, 0.6) is 0 Å². The Labute approximate surface area is 128 Å². The number of hydrogen-bond acceptors (Lipinski definition) is 3. The molecule has 1 heterocycles. The predicted octanol–water partition coefficient (Wildman–Crippen LogP) is 2.61. The van der Waals surface area contributed by atoms with Gasteiger partial charge in [0.05, 0.1) is 4.90 Å². The maximum atomic E-state index is 12.7. The molecular formula is C16H26N2O2S. The minimum absolute atomic E-state index is 0.383. The monoisotopic (exact) mass is 310 g/mol. The SMILES string of the molecule is CCC1CCN(S(=O)(=O)c2cccc(CNC(C)C)c2)C1. The third-order valence-corrected chi connectivity index (χ3v) is 5.94. The van der Waals surface area contributed by atoms with Crippen molar-refractivity contribution >= 4 is 10.0 Å². The second-order valence-electron chi connectivity index (χ2n) is 6.11. The zero-order valence-corrected chi connectivity index (χ0v) is 14.0. The van der Waals surface area contributed by atoms with E-state index in [1.54, 1.807) is 16.4 Å². The molecular weight excluding hydrogens is 284 g/mol. The fraction of sp³-hybridized carbons (Fsp3) is 0.625. The lowest BCUT2D eigenvalue weighted by atomic mass is 10.1. The lowest BCUT2D eigenvalue weighted by Crippen LogP contribution is -2.29. The van der Waals surface area contributed by atoms with E-state index in [0.29, 0.717) is 36.5 Å². The maximum absolute atomic E-state index is 12.7. The number of sulfonamides is 1. The van der Waals surface area contributed by atoms with Gasteiger partial charge in [0.15, 0.2) is 0 Å². The lowest BCUT2D eigenvalue weighted by Gasteiger charge is -2.17. The Balaban J connectivity index is 2.15. The Kier molecular flexibility index (Phi) is 5.41. The Morgan fingerprint density at radius 1 is 1.38 bits per heavy atom. The summed E-state index contributed by atoms with van der Waals surface area (Å²) in [6.45, 7) is 8.28. The third kappa shape index (κ3) is 4.05. The molecule has 0 radical (unpaired) electrons. The number of hydrogen-bond donors (Lipinski definition) is 1. The quantitative estimate of drug-likeness (QED) is 0.878. The molecule has 5 heteroatoms. The normalized spacial score (nSPS) is 20.3. The van der Waals surface area contributed by atoms with Gasteiger partial charge >= 0.3 is 0 Å². The fourth-order valence-corrected chi connectivity index (χ4v) is 4.24. The van der Waals surface area contributed by atoms with Gasteiger partial charge in [0.1, 0.15) is 0 Å². The summed E-state index contributed by atoms with van der Waals surface area (Å²) >= 11 is 0. The van der Waals surface area contributed by atoms with Gasteiger partial charge in [-0.3, -0.25) is 0 Å². The summed E-state index contributed by atoms with van der Waals surface area (Å²) in [6, 6.07) is 7.68. The highest BCUT2D eigenvalue weighted by molar-refractivity contribution is 7.89. The van der Waals surface area contributed by atoms with Crippen molar-refractivity contribution in [2.45, 2.75) is 51.1 Å². The van der Waals surface area contributed by atoms with Gasteiger partial charge in [-0.25, -0.2) is 8.42 Å². The van der Waals surface area contributed by atoms with Crippen LogP contribution in [0.3, 0.4) is 0 Å². The highest BCUT2D eigenvalue weighted by Gasteiger charge is 2.31. The molecule has 0 aromatic heterocycles. The molecule has 2 rings (SSSR count). The van der Waals surface area contributed by atoms with E-state index >= 15 is 0 Å². The van der Waals surface area contributed by atoms with Crippen LogP contribution in [0.4, 0.5) is 0 Å². The standard InChI is InChI=1S/C16H26N2O2S/c1-4-14-8-9-18(12-14)21(19,20)16-7-5-6-15(10-16)11-17-13(2)3/h5-7,10,13-14,17H,4,8-9,11-12H2,1-3H3. The molecule has 1 unspecified atom stereocenters. The largest absolute Gasteiger partial charge is 0.310 e. The van der Waals surface area contributed by atoms with Crippen LogP contribution in [0.1, 0.15) is 39.2 Å². The first-order valence-electron chi connectivity index (χ1n) is 7.76. The van der Waals surface area contributed by atoms with Crippen molar-refractivity contribution in [3.8, 4) is 0 Å². The summed E-state index contributed by atoms with van der Waals surface area (Å²) in [7, 11) is -3.34. The molecule has 1 aliphatic rings. The van der Waals surface area contributed by atoms with Gasteiger partial charge in [-0.05, 0) is 30.0 Å². The van der Waals surface area contributed by atoms with Crippen LogP contribution in [0.2, 0.25) is 0 Å². The average molecular weight is 310 g/mol. The summed E-state index contributed by atoms with van der Waals surface area (Å²) in [5.41, 5.74) is 1.01. The second-order valence-corrected chi connectivity index (χ2v) is 8.05. The molecule has 118 valence electrons. The molecule has 4 nitrogen and oxygen atoms in total. The minimum atomic E-state index is -3.34. The van der Waals surface area contributed by atoms with Crippen LogP contribution >= 0.6 is 0 Å². The first-order chi connectivity index (χ1) is 9.93. The topological polar surface area (TPSA) is 49.4 Å². The van der Waals surface area contributed by atoms with E-state index in [0.717, 1.165) is 18.4 Å². The zero-order chi connectivity index (χ0) is 15.5. The maximum Gasteiger partial charge on any atom is 0.243 e. The van der Waals surface area contributed by atoms with Crippen LogP contribution in [0, 0.1) is 5.92 Å². The van der Waals surface area contributed by atoms with E-state index in [4.69, 9.17) is 0 Å². The zero-order valence-electron chi connectivity index (χ0n) is 13.2. The van der Waals surface area contributed by atoms with Gasteiger partial charge in [-0.2, -0.15) is 4.31 Å². The van der Waals surface area contributed by atoms with Gasteiger partial charge in [0.2, 0.25) is 10.0 Å². The summed E-state index contributed by atoms with van der Waals surface area (Å²) in [5.74, 6) is 0.505. The summed E-state index contributed by atoms with van der Waals surface area (Å²) < 4.78 is 27.0. The van der Waals surface area contributed by atoms with Crippen molar-refractivity contribution < 1.29 is 8.42 Å². The van der Waals surface area contributed by atoms with E-state index in [1.165, 1.54) is 0 Å². The molecule has 0 aliphatic carbocycles. The highest BCUT2D eigenvalue weighted by atomic mass is 32.2. The summed E-state index contributed by atoms with van der Waals surface area (Å²) in [4.78, 5) is 0.419. The first-order valence-corrected chi connectivity index (χ1v) is 9.20. The molecule has 0 saturated carbocycles. The van der Waals surface area contributed by atoms with E-state index in [1.807, 2.05) is 12.1 Å². The Morgan fingerprint density at radius 2 is 2.14 bits per heavy atom. The molecule has 21 heavy (non-hydrogen) atoms. The summed E-state index contributed by atoms with van der Waals surface area (Å²) in [6.07, 6.45) is 2.02. The number of nitrogens with one attached hydrogen (secondary N) is 1. The van der Waals surface area contributed by atoms with Gasteiger partial charge in [0.25, 0.3) is 0 Å². The third-order valence-electron chi connectivity index (χ3n) is 4.08. The lowest BCUT2D eigenvalue weighted by molar-refractivity contribution is 0.453. The van der Waals surface area contributed by atoms with Crippen molar-refractivity contribution in [3.63, 3.8) is 0 Å². The van der Waals surface area contributed by atoms with Gasteiger partial charge in [-0.1, -0.05) is 39.3 Å². The van der Waals surface area contributed by atoms with Gasteiger partial charge in [0, 0.05) is 25.7 Å². The smallest absolute Gasteiger partial charge is 0.243 e. The van der Waals surface area contributed by atoms with E-state index < -0.39 is 10.0 Å². The molecule has 0 bridgehead atoms. The van der Waals surface area contributed by atoms with E-state index in [-0.39, 0.29) is 0 Å². The molecule has 0 amide bonds. The number of nitrogens with zero attached hydrogens (tertiary/aromatic N) is 1. The number of benzene rings is 1. The molecule has 1 aromatic carbocycles. The van der Waals surface area contributed by atoms with Crippen LogP contribution in [0.25, 0.3) is 0 Å². The molecule has 1 saturated heterocycles. The summed E-state index contributed by atoms with van der Waals surface area (Å²) in [5, 5.41) is 3.32. The average Bonchev–Trinajstić information content (AvgIpc) is 2.95.